The van der Waals surface area contributed by atoms with Crippen molar-refractivity contribution in [1.82, 2.24) is 0 Å². The van der Waals surface area contributed by atoms with Crippen LogP contribution < -0.4 is 4.74 Å². The van der Waals surface area contributed by atoms with Crippen LogP contribution in [0, 0.1) is 0 Å². The third-order valence-electron chi connectivity index (χ3n) is 4.13. The molecule has 0 saturated carbocycles. The number of unbranched alkanes of at least 4 members (excludes halogenated alkanes) is 4. The van der Waals surface area contributed by atoms with E-state index in [2.05, 4.69) is 6.92 Å². The lowest BCUT2D eigenvalue weighted by Gasteiger charge is -2.07. The van der Waals surface area contributed by atoms with E-state index in [1.807, 2.05) is 0 Å². The second kappa shape index (κ2) is 11.7. The second-order valence-electron chi connectivity index (χ2n) is 6.16. The largest absolute Gasteiger partial charge is 0.504 e. The zero-order valence-corrected chi connectivity index (χ0v) is 15.9. The third kappa shape index (κ3) is 8.20. The number of benzene rings is 1. The molecule has 0 aromatic heterocycles. The van der Waals surface area contributed by atoms with Gasteiger partial charge in [0.2, 0.25) is 10.3 Å². The standard InChI is InChI=1S/C19H28O5S/c1-3-4-5-6-7-8-17(25(22)23)14-16(20)11-9-15-10-12-18(21)19(13-15)24-2/h10,12-13,21H,3-9,11,14H2,1-2H3. The number of phenols is 1. The van der Waals surface area contributed by atoms with Crippen LogP contribution in [0.3, 0.4) is 0 Å². The Hall–Kier alpha value is -1.82. The van der Waals surface area contributed by atoms with Crippen LogP contribution in [0.4, 0.5) is 0 Å². The van der Waals surface area contributed by atoms with Crippen molar-refractivity contribution in [2.45, 2.75) is 64.7 Å². The van der Waals surface area contributed by atoms with Gasteiger partial charge in [-0.3, -0.25) is 4.79 Å². The molecule has 0 unspecified atom stereocenters. The van der Waals surface area contributed by atoms with Gasteiger partial charge in [0.1, 0.15) is 5.78 Å². The van der Waals surface area contributed by atoms with Gasteiger partial charge in [-0.1, -0.05) is 38.7 Å². The predicted molar refractivity (Wildman–Crippen MR) is 99.9 cm³/mol. The molecule has 0 aliphatic carbocycles. The molecule has 1 N–H and O–H groups in total. The molecule has 0 fully saturated rings. The summed E-state index contributed by atoms with van der Waals surface area (Å²) in [6.07, 6.45) is 6.44. The van der Waals surface area contributed by atoms with Crippen molar-refractivity contribution in [3.63, 3.8) is 0 Å². The van der Waals surface area contributed by atoms with Crippen LogP contribution in [0.15, 0.2) is 18.2 Å². The van der Waals surface area contributed by atoms with Gasteiger partial charge in [0.15, 0.2) is 11.5 Å². The molecule has 0 spiro atoms. The number of Topliss-reactive ketones (excluding diaryl/α,β-unsaturated/α-hetero) is 1. The molecule has 0 bridgehead atoms. The van der Waals surface area contributed by atoms with Crippen molar-refractivity contribution in [2.24, 2.45) is 0 Å². The van der Waals surface area contributed by atoms with Crippen LogP contribution in [0.2, 0.25) is 0 Å². The Morgan fingerprint density at radius 3 is 2.48 bits per heavy atom. The fourth-order valence-corrected chi connectivity index (χ4v) is 3.22. The number of carbonyl (C=O) groups is 1. The van der Waals surface area contributed by atoms with E-state index in [1.54, 1.807) is 12.1 Å². The maximum atomic E-state index is 12.1. The monoisotopic (exact) mass is 368 g/mol. The van der Waals surface area contributed by atoms with Crippen LogP contribution in [0.5, 0.6) is 11.5 Å². The summed E-state index contributed by atoms with van der Waals surface area (Å²) < 4.78 is 27.7. The molecule has 0 amide bonds. The number of hydrogen-bond donors (Lipinski definition) is 1. The van der Waals surface area contributed by atoms with E-state index in [4.69, 9.17) is 4.74 Å². The number of aryl methyl sites for hydroxylation is 1. The lowest BCUT2D eigenvalue weighted by Crippen LogP contribution is -2.10. The lowest BCUT2D eigenvalue weighted by atomic mass is 10.0. The molecule has 0 saturated heterocycles. The fourth-order valence-electron chi connectivity index (χ4n) is 2.63. The van der Waals surface area contributed by atoms with E-state index in [-0.39, 0.29) is 24.4 Å². The minimum absolute atomic E-state index is 0.000886. The first-order valence-electron chi connectivity index (χ1n) is 8.79. The molecule has 1 rings (SSSR count). The first-order chi connectivity index (χ1) is 12.0. The molecule has 5 nitrogen and oxygen atoms in total. The Kier molecular flexibility index (Phi) is 9.92. The zero-order valence-electron chi connectivity index (χ0n) is 15.1. The normalized spacial score (nSPS) is 10.5. The maximum Gasteiger partial charge on any atom is 0.213 e. The van der Waals surface area contributed by atoms with E-state index in [9.17, 15) is 18.3 Å². The number of aromatic hydroxyl groups is 1. The van der Waals surface area contributed by atoms with Crippen molar-refractivity contribution in [1.29, 1.82) is 0 Å². The summed E-state index contributed by atoms with van der Waals surface area (Å²) in [5.41, 5.74) is 0.868. The molecule has 0 atom stereocenters. The van der Waals surface area contributed by atoms with Gasteiger partial charge in [0.05, 0.1) is 12.0 Å². The highest BCUT2D eigenvalue weighted by Gasteiger charge is 2.11. The highest BCUT2D eigenvalue weighted by Crippen LogP contribution is 2.26. The summed E-state index contributed by atoms with van der Waals surface area (Å²) in [5, 5.41) is 9.56. The summed E-state index contributed by atoms with van der Waals surface area (Å²) >= 11 is 0. The van der Waals surface area contributed by atoms with Gasteiger partial charge in [-0.25, -0.2) is 0 Å². The summed E-state index contributed by atoms with van der Waals surface area (Å²) in [4.78, 5) is 12.4. The van der Waals surface area contributed by atoms with Gasteiger partial charge in [0, 0.05) is 12.8 Å². The number of ketones is 1. The second-order valence-corrected chi connectivity index (χ2v) is 7.21. The Bertz CT molecular complexity index is 684. The van der Waals surface area contributed by atoms with Crippen LogP contribution >= 0.6 is 0 Å². The van der Waals surface area contributed by atoms with Gasteiger partial charge in [-0.15, -0.1) is 0 Å². The number of ether oxygens (including phenoxy) is 1. The first-order valence-corrected chi connectivity index (χ1v) is 9.87. The van der Waals surface area contributed by atoms with E-state index in [0.29, 0.717) is 23.5 Å². The lowest BCUT2D eigenvalue weighted by molar-refractivity contribution is -0.117. The topological polar surface area (TPSA) is 80.7 Å². The zero-order chi connectivity index (χ0) is 18.7. The van der Waals surface area contributed by atoms with Crippen molar-refractivity contribution in [3.05, 3.63) is 23.8 Å². The summed E-state index contributed by atoms with van der Waals surface area (Å²) in [5.74, 6) is 0.336. The molecule has 0 heterocycles. The van der Waals surface area contributed by atoms with E-state index in [0.717, 1.165) is 37.7 Å². The fraction of sp³-hybridized carbons (Fsp3) is 0.579. The molecule has 1 aromatic rings. The predicted octanol–water partition coefficient (Wildman–Crippen LogP) is 3.70. The number of carbonyl (C=O) groups excluding carboxylic acids is 1. The molecule has 6 heteroatoms. The third-order valence-corrected chi connectivity index (χ3v) is 4.95. The quantitative estimate of drug-likeness (QED) is 0.449. The number of phenolic OH excluding ortho intramolecular Hbond substituents is 1. The van der Waals surface area contributed by atoms with Gasteiger partial charge in [-0.2, -0.15) is 8.42 Å². The molecule has 25 heavy (non-hydrogen) atoms. The highest BCUT2D eigenvalue weighted by atomic mass is 32.2. The molecule has 0 aliphatic rings. The van der Waals surface area contributed by atoms with Gasteiger partial charge < -0.3 is 9.84 Å². The Labute approximate surface area is 151 Å². The molecule has 1 aromatic carbocycles. The first kappa shape index (κ1) is 21.2. The Morgan fingerprint density at radius 2 is 1.84 bits per heavy atom. The Balaban J connectivity index is 2.49. The van der Waals surface area contributed by atoms with Gasteiger partial charge in [0.25, 0.3) is 0 Å². The van der Waals surface area contributed by atoms with Crippen molar-refractivity contribution in [2.75, 3.05) is 7.11 Å². The van der Waals surface area contributed by atoms with Crippen molar-refractivity contribution in [3.8, 4) is 11.5 Å². The van der Waals surface area contributed by atoms with Gasteiger partial charge >= 0.3 is 0 Å². The average Bonchev–Trinajstić information content (AvgIpc) is 2.59. The smallest absolute Gasteiger partial charge is 0.213 e. The Morgan fingerprint density at radius 1 is 1.12 bits per heavy atom. The minimum Gasteiger partial charge on any atom is -0.504 e. The molecular weight excluding hydrogens is 340 g/mol. The summed E-state index contributed by atoms with van der Waals surface area (Å²) in [6, 6.07) is 4.95. The number of rotatable bonds is 12. The SMILES string of the molecule is CCCCCCCC(CC(=O)CCc1ccc(O)c(OC)c1)=S(=O)=O. The average molecular weight is 368 g/mol. The molecular formula is C19H28O5S. The van der Waals surface area contributed by atoms with Crippen molar-refractivity contribution >= 4 is 20.9 Å². The molecule has 0 aliphatic heterocycles. The minimum atomic E-state index is -2.29. The van der Waals surface area contributed by atoms with E-state index >= 15 is 0 Å². The number of hydrogen-bond acceptors (Lipinski definition) is 5. The molecule has 140 valence electrons. The summed E-state index contributed by atoms with van der Waals surface area (Å²) in [6.45, 7) is 2.13. The van der Waals surface area contributed by atoms with E-state index < -0.39 is 10.3 Å². The van der Waals surface area contributed by atoms with Crippen molar-refractivity contribution < 1.29 is 23.1 Å². The number of methoxy groups -OCH3 is 1. The summed E-state index contributed by atoms with van der Waals surface area (Å²) in [7, 11) is -0.827. The van der Waals surface area contributed by atoms with Crippen LogP contribution in [-0.2, 0) is 21.5 Å². The molecule has 0 radical (unpaired) electrons. The van der Waals surface area contributed by atoms with Crippen LogP contribution in [0.25, 0.3) is 0 Å². The maximum absolute atomic E-state index is 12.1. The van der Waals surface area contributed by atoms with Crippen LogP contribution in [0.1, 0.15) is 63.9 Å². The van der Waals surface area contributed by atoms with Crippen LogP contribution in [-0.4, -0.2) is 31.3 Å². The van der Waals surface area contributed by atoms with Gasteiger partial charge in [-0.05, 0) is 37.0 Å². The van der Waals surface area contributed by atoms with E-state index in [1.165, 1.54) is 13.2 Å². The highest BCUT2D eigenvalue weighted by molar-refractivity contribution is 7.73.